The van der Waals surface area contributed by atoms with Gasteiger partial charge in [-0.2, -0.15) is 0 Å². The molecule has 2 heterocycles. The number of hydrogen-bond acceptors (Lipinski definition) is 5. The SMILES string of the molecule is COc1ccc(-c2nn(CN3CCCC[C@@H]3C)c(=S)o2)cc1. The molecule has 1 aromatic carbocycles. The molecular weight excluding hydrogens is 298 g/mol. The molecule has 3 rings (SSSR count). The average Bonchev–Trinajstić information content (AvgIpc) is 2.91. The normalized spacial score (nSPS) is 19.3. The van der Waals surface area contributed by atoms with Crippen molar-refractivity contribution in [1.82, 2.24) is 14.7 Å². The van der Waals surface area contributed by atoms with Crippen molar-refractivity contribution >= 4 is 12.2 Å². The summed E-state index contributed by atoms with van der Waals surface area (Å²) in [5, 5.41) is 4.53. The topological polar surface area (TPSA) is 43.4 Å². The van der Waals surface area contributed by atoms with Gasteiger partial charge in [-0.3, -0.25) is 4.90 Å². The van der Waals surface area contributed by atoms with Crippen molar-refractivity contribution in [3.63, 3.8) is 0 Å². The van der Waals surface area contributed by atoms with Crippen LogP contribution < -0.4 is 4.74 Å². The van der Waals surface area contributed by atoms with Crippen molar-refractivity contribution in [2.45, 2.75) is 38.9 Å². The van der Waals surface area contributed by atoms with Crippen LogP contribution in [0.25, 0.3) is 11.5 Å². The van der Waals surface area contributed by atoms with Crippen molar-refractivity contribution < 1.29 is 9.15 Å². The summed E-state index contributed by atoms with van der Waals surface area (Å²) < 4.78 is 12.6. The molecule has 1 aliphatic heterocycles. The highest BCUT2D eigenvalue weighted by Gasteiger charge is 2.19. The van der Waals surface area contributed by atoms with E-state index < -0.39 is 0 Å². The van der Waals surface area contributed by atoms with Gasteiger partial charge < -0.3 is 9.15 Å². The lowest BCUT2D eigenvalue weighted by molar-refractivity contribution is 0.113. The number of nitrogens with zero attached hydrogens (tertiary/aromatic N) is 3. The van der Waals surface area contributed by atoms with E-state index in [0.29, 0.717) is 23.4 Å². The molecule has 0 aliphatic carbocycles. The van der Waals surface area contributed by atoms with E-state index >= 15 is 0 Å². The van der Waals surface area contributed by atoms with Gasteiger partial charge in [0.2, 0.25) is 5.89 Å². The first-order chi connectivity index (χ1) is 10.7. The molecule has 22 heavy (non-hydrogen) atoms. The molecule has 6 heteroatoms. The smallest absolute Gasteiger partial charge is 0.288 e. The van der Waals surface area contributed by atoms with Gasteiger partial charge in [-0.1, -0.05) is 6.42 Å². The molecule has 1 saturated heterocycles. The lowest BCUT2D eigenvalue weighted by Crippen LogP contribution is -2.38. The highest BCUT2D eigenvalue weighted by atomic mass is 32.1. The fraction of sp³-hybridized carbons (Fsp3) is 0.500. The van der Waals surface area contributed by atoms with E-state index in [1.807, 2.05) is 24.3 Å². The molecule has 1 aliphatic rings. The summed E-state index contributed by atoms with van der Waals surface area (Å²) >= 11 is 5.31. The zero-order valence-electron chi connectivity index (χ0n) is 13.0. The Morgan fingerprint density at radius 1 is 1.32 bits per heavy atom. The van der Waals surface area contributed by atoms with Crippen LogP contribution in [0, 0.1) is 4.84 Å². The summed E-state index contributed by atoms with van der Waals surface area (Å²) in [6.07, 6.45) is 3.77. The maximum absolute atomic E-state index is 5.65. The van der Waals surface area contributed by atoms with E-state index in [0.717, 1.165) is 17.9 Å². The Labute approximate surface area is 135 Å². The van der Waals surface area contributed by atoms with Gasteiger partial charge >= 0.3 is 0 Å². The summed E-state index contributed by atoms with van der Waals surface area (Å²) in [6.45, 7) is 4.04. The van der Waals surface area contributed by atoms with Crippen molar-refractivity contribution in [1.29, 1.82) is 0 Å². The highest BCUT2D eigenvalue weighted by Crippen LogP contribution is 2.22. The van der Waals surface area contributed by atoms with Gasteiger partial charge in [0.1, 0.15) is 5.75 Å². The van der Waals surface area contributed by atoms with Gasteiger partial charge in [0.15, 0.2) is 0 Å². The van der Waals surface area contributed by atoms with E-state index in [1.54, 1.807) is 11.8 Å². The third-order valence-corrected chi connectivity index (χ3v) is 4.49. The minimum atomic E-state index is 0.420. The number of aromatic nitrogens is 2. The average molecular weight is 319 g/mol. The first-order valence-electron chi connectivity index (χ1n) is 7.64. The van der Waals surface area contributed by atoms with Gasteiger partial charge in [0.05, 0.1) is 13.8 Å². The monoisotopic (exact) mass is 319 g/mol. The summed E-state index contributed by atoms with van der Waals surface area (Å²) in [5.41, 5.74) is 0.900. The van der Waals surface area contributed by atoms with Crippen LogP contribution in [-0.2, 0) is 6.67 Å². The number of hydrogen-bond donors (Lipinski definition) is 0. The molecule has 2 aromatic rings. The maximum Gasteiger partial charge on any atom is 0.288 e. The lowest BCUT2D eigenvalue weighted by atomic mass is 10.0. The maximum atomic E-state index is 5.65. The standard InChI is InChI=1S/C16H21N3O2S/c1-12-5-3-4-10-18(12)11-19-16(22)21-15(17-19)13-6-8-14(20-2)9-7-13/h6-9,12H,3-5,10-11H2,1-2H3/t12-/m0/s1. The fourth-order valence-corrected chi connectivity index (χ4v) is 2.96. The molecule has 0 bridgehead atoms. The fourth-order valence-electron chi connectivity index (χ4n) is 2.79. The van der Waals surface area contributed by atoms with Crippen LogP contribution in [-0.4, -0.2) is 34.4 Å². The molecule has 0 radical (unpaired) electrons. The first kappa shape index (κ1) is 15.2. The van der Waals surface area contributed by atoms with E-state index in [1.165, 1.54) is 19.3 Å². The molecule has 0 saturated carbocycles. The van der Waals surface area contributed by atoms with Crippen LogP contribution in [0.15, 0.2) is 28.7 Å². The molecule has 1 aromatic heterocycles. The molecule has 5 nitrogen and oxygen atoms in total. The Kier molecular flexibility index (Phi) is 4.59. The number of rotatable bonds is 4. The Hall–Kier alpha value is -1.66. The first-order valence-corrected chi connectivity index (χ1v) is 8.04. The Bertz CT molecular complexity index is 677. The number of ether oxygens (including phenoxy) is 1. The van der Waals surface area contributed by atoms with Gasteiger partial charge in [-0.25, -0.2) is 4.68 Å². The molecular formula is C16H21N3O2S. The highest BCUT2D eigenvalue weighted by molar-refractivity contribution is 7.71. The largest absolute Gasteiger partial charge is 0.497 e. The quantitative estimate of drug-likeness (QED) is 0.804. The Morgan fingerprint density at radius 2 is 2.09 bits per heavy atom. The minimum absolute atomic E-state index is 0.420. The van der Waals surface area contributed by atoms with Crippen LogP contribution >= 0.6 is 12.2 Å². The van der Waals surface area contributed by atoms with Crippen molar-refractivity contribution in [2.24, 2.45) is 0 Å². The minimum Gasteiger partial charge on any atom is -0.497 e. The molecule has 0 spiro atoms. The summed E-state index contributed by atoms with van der Waals surface area (Å²) in [5.74, 6) is 1.36. The molecule has 0 amide bonds. The van der Waals surface area contributed by atoms with Crippen LogP contribution in [0.2, 0.25) is 0 Å². The predicted molar refractivity (Wildman–Crippen MR) is 87.3 cm³/mol. The molecule has 118 valence electrons. The van der Waals surface area contributed by atoms with E-state index in [2.05, 4.69) is 16.9 Å². The van der Waals surface area contributed by atoms with Gasteiger partial charge in [-0.15, -0.1) is 5.10 Å². The van der Waals surface area contributed by atoms with Crippen molar-refractivity contribution in [3.05, 3.63) is 29.1 Å². The summed E-state index contributed by atoms with van der Waals surface area (Å²) in [7, 11) is 1.65. The van der Waals surface area contributed by atoms with Gasteiger partial charge in [-0.05, 0) is 56.2 Å². The van der Waals surface area contributed by atoms with Gasteiger partial charge in [0, 0.05) is 18.2 Å². The van der Waals surface area contributed by atoms with Crippen molar-refractivity contribution in [2.75, 3.05) is 13.7 Å². The molecule has 1 atom stereocenters. The zero-order valence-corrected chi connectivity index (χ0v) is 13.8. The van der Waals surface area contributed by atoms with Gasteiger partial charge in [0.25, 0.3) is 4.84 Å². The van der Waals surface area contributed by atoms with Crippen LogP contribution in [0.4, 0.5) is 0 Å². The predicted octanol–water partition coefficient (Wildman–Crippen LogP) is 3.71. The van der Waals surface area contributed by atoms with Crippen LogP contribution in [0.5, 0.6) is 5.75 Å². The zero-order chi connectivity index (χ0) is 15.5. The molecule has 0 unspecified atom stereocenters. The summed E-state index contributed by atoms with van der Waals surface area (Å²) in [6, 6.07) is 8.19. The van der Waals surface area contributed by atoms with Crippen molar-refractivity contribution in [3.8, 4) is 17.2 Å². The molecule has 0 N–H and O–H groups in total. The van der Waals surface area contributed by atoms with E-state index in [-0.39, 0.29) is 0 Å². The number of methoxy groups -OCH3 is 1. The second-order valence-electron chi connectivity index (χ2n) is 5.70. The van der Waals surface area contributed by atoms with E-state index in [4.69, 9.17) is 21.4 Å². The Morgan fingerprint density at radius 3 is 2.77 bits per heavy atom. The second kappa shape index (κ2) is 6.62. The lowest BCUT2D eigenvalue weighted by Gasteiger charge is -2.32. The number of benzene rings is 1. The number of likely N-dealkylation sites (tertiary alicyclic amines) is 1. The third kappa shape index (κ3) is 3.23. The second-order valence-corrected chi connectivity index (χ2v) is 6.05. The summed E-state index contributed by atoms with van der Waals surface area (Å²) in [4.78, 5) is 2.82. The Balaban J connectivity index is 1.79. The van der Waals surface area contributed by atoms with E-state index in [9.17, 15) is 0 Å². The molecule has 1 fully saturated rings. The number of piperidine rings is 1. The third-order valence-electron chi connectivity index (χ3n) is 4.20. The van der Waals surface area contributed by atoms with Crippen LogP contribution in [0.3, 0.4) is 0 Å². The van der Waals surface area contributed by atoms with Crippen LogP contribution in [0.1, 0.15) is 26.2 Å².